The van der Waals surface area contributed by atoms with Gasteiger partial charge in [0.2, 0.25) is 0 Å². The first-order valence-electron chi connectivity index (χ1n) is 6.75. The second-order valence-corrected chi connectivity index (χ2v) is 4.77. The number of nitrogens with one attached hydrogen (secondary N) is 2. The van der Waals surface area contributed by atoms with Crippen molar-refractivity contribution in [3.05, 3.63) is 65.9 Å². The molecule has 0 aliphatic rings. The minimum Gasteiger partial charge on any atom is -0.496 e. The van der Waals surface area contributed by atoms with Crippen LogP contribution in [0.5, 0.6) is 5.75 Å². The fraction of sp³-hybridized carbons (Fsp3) is 0.118. The summed E-state index contributed by atoms with van der Waals surface area (Å²) in [6.45, 7) is 0.436. The molecule has 2 N–H and O–H groups in total. The van der Waals surface area contributed by atoms with Gasteiger partial charge in [0.15, 0.2) is 0 Å². The lowest BCUT2D eigenvalue weighted by molar-refractivity contribution is 0.0951. The quantitative estimate of drug-likeness (QED) is 0.771. The molecule has 0 aliphatic heterocycles. The molecule has 3 rings (SSSR count). The molecule has 4 nitrogen and oxygen atoms in total. The van der Waals surface area contributed by atoms with Crippen LogP contribution in [0.4, 0.5) is 0 Å². The fourth-order valence-electron chi connectivity index (χ4n) is 2.32. The van der Waals surface area contributed by atoms with Crippen LogP contribution >= 0.6 is 0 Å². The molecule has 2 aromatic carbocycles. The van der Waals surface area contributed by atoms with Gasteiger partial charge in [-0.3, -0.25) is 4.79 Å². The molecule has 0 bridgehead atoms. The van der Waals surface area contributed by atoms with Crippen molar-refractivity contribution >= 4 is 16.8 Å². The number of benzene rings is 2. The average molecular weight is 280 g/mol. The minimum absolute atomic E-state index is 0.0996. The topological polar surface area (TPSA) is 54.1 Å². The summed E-state index contributed by atoms with van der Waals surface area (Å²) in [5.41, 5.74) is 2.55. The van der Waals surface area contributed by atoms with Gasteiger partial charge in [-0.25, -0.2) is 0 Å². The summed E-state index contributed by atoms with van der Waals surface area (Å²) in [6, 6.07) is 15.2. The summed E-state index contributed by atoms with van der Waals surface area (Å²) in [4.78, 5) is 15.3. The Morgan fingerprint density at radius 2 is 2.05 bits per heavy atom. The van der Waals surface area contributed by atoms with E-state index >= 15 is 0 Å². The average Bonchev–Trinajstić information content (AvgIpc) is 3.00. The van der Waals surface area contributed by atoms with E-state index in [1.165, 1.54) is 0 Å². The Hall–Kier alpha value is -2.75. The van der Waals surface area contributed by atoms with E-state index in [4.69, 9.17) is 4.74 Å². The molecule has 4 heteroatoms. The number of carbonyl (C=O) groups excluding carboxylic acids is 1. The van der Waals surface area contributed by atoms with Gasteiger partial charge in [-0.1, -0.05) is 24.3 Å². The number of carbonyl (C=O) groups is 1. The molecule has 0 fully saturated rings. The molecule has 106 valence electrons. The van der Waals surface area contributed by atoms with Gasteiger partial charge < -0.3 is 15.0 Å². The third kappa shape index (κ3) is 2.74. The smallest absolute Gasteiger partial charge is 0.251 e. The van der Waals surface area contributed by atoms with Crippen LogP contribution in [0.3, 0.4) is 0 Å². The van der Waals surface area contributed by atoms with Crippen LogP contribution in [-0.4, -0.2) is 18.0 Å². The van der Waals surface area contributed by atoms with Crippen LogP contribution in [0.15, 0.2) is 54.7 Å². The van der Waals surface area contributed by atoms with Crippen molar-refractivity contribution in [1.82, 2.24) is 10.3 Å². The van der Waals surface area contributed by atoms with Crippen LogP contribution in [0.1, 0.15) is 15.9 Å². The number of rotatable bonds is 4. The number of hydrogen-bond acceptors (Lipinski definition) is 2. The molecule has 0 saturated heterocycles. The fourth-order valence-corrected chi connectivity index (χ4v) is 2.32. The number of H-pyrrole nitrogens is 1. The zero-order chi connectivity index (χ0) is 14.7. The molecule has 1 amide bonds. The molecule has 0 aliphatic carbocycles. The van der Waals surface area contributed by atoms with Crippen LogP contribution in [0.2, 0.25) is 0 Å². The van der Waals surface area contributed by atoms with Gasteiger partial charge in [0.05, 0.1) is 7.11 Å². The third-order valence-corrected chi connectivity index (χ3v) is 3.45. The molecule has 0 spiro atoms. The summed E-state index contributed by atoms with van der Waals surface area (Å²) in [7, 11) is 1.62. The number of ether oxygens (including phenoxy) is 1. The predicted molar refractivity (Wildman–Crippen MR) is 82.5 cm³/mol. The highest BCUT2D eigenvalue weighted by atomic mass is 16.5. The first-order chi connectivity index (χ1) is 10.3. The maximum absolute atomic E-state index is 12.2. The van der Waals surface area contributed by atoms with Crippen molar-refractivity contribution in [2.24, 2.45) is 0 Å². The molecule has 0 unspecified atom stereocenters. The van der Waals surface area contributed by atoms with E-state index in [9.17, 15) is 4.79 Å². The van der Waals surface area contributed by atoms with Crippen molar-refractivity contribution in [2.75, 3.05) is 7.11 Å². The molecule has 0 atom stereocenters. The van der Waals surface area contributed by atoms with E-state index < -0.39 is 0 Å². The van der Waals surface area contributed by atoms with E-state index in [1.807, 2.05) is 54.7 Å². The third-order valence-electron chi connectivity index (χ3n) is 3.45. The molecule has 1 heterocycles. The Labute approximate surface area is 122 Å². The SMILES string of the molecule is COc1ccccc1CNC(=O)c1ccc2cc[nH]c2c1. The highest BCUT2D eigenvalue weighted by Gasteiger charge is 2.08. The summed E-state index contributed by atoms with van der Waals surface area (Å²) in [5, 5.41) is 4.01. The second kappa shape index (κ2) is 5.71. The summed E-state index contributed by atoms with van der Waals surface area (Å²) in [5.74, 6) is 0.676. The maximum atomic E-state index is 12.2. The molecule has 0 radical (unpaired) electrons. The molecule has 3 aromatic rings. The Balaban J connectivity index is 1.74. The van der Waals surface area contributed by atoms with Gasteiger partial charge in [0, 0.05) is 29.4 Å². The predicted octanol–water partition coefficient (Wildman–Crippen LogP) is 3.11. The number of amides is 1. The Morgan fingerprint density at radius 3 is 2.90 bits per heavy atom. The molecule has 1 aromatic heterocycles. The Kier molecular flexibility index (Phi) is 3.60. The molecular formula is C17H16N2O2. The Morgan fingerprint density at radius 1 is 1.19 bits per heavy atom. The summed E-state index contributed by atoms with van der Waals surface area (Å²) in [6.07, 6.45) is 1.86. The van der Waals surface area contributed by atoms with Crippen molar-refractivity contribution in [2.45, 2.75) is 6.54 Å². The largest absolute Gasteiger partial charge is 0.496 e. The minimum atomic E-state index is -0.0996. The number of hydrogen-bond donors (Lipinski definition) is 2. The zero-order valence-corrected chi connectivity index (χ0v) is 11.7. The van der Waals surface area contributed by atoms with E-state index in [-0.39, 0.29) is 5.91 Å². The van der Waals surface area contributed by atoms with Crippen LogP contribution in [-0.2, 0) is 6.54 Å². The van der Waals surface area contributed by atoms with Crippen LogP contribution in [0.25, 0.3) is 10.9 Å². The molecule has 0 saturated carbocycles. The van der Waals surface area contributed by atoms with Gasteiger partial charge in [-0.15, -0.1) is 0 Å². The van der Waals surface area contributed by atoms with Crippen molar-refractivity contribution < 1.29 is 9.53 Å². The lowest BCUT2D eigenvalue weighted by Gasteiger charge is -2.09. The van der Waals surface area contributed by atoms with Crippen LogP contribution < -0.4 is 10.1 Å². The van der Waals surface area contributed by atoms with Gasteiger partial charge in [-0.2, -0.15) is 0 Å². The summed E-state index contributed by atoms with van der Waals surface area (Å²) < 4.78 is 5.27. The van der Waals surface area contributed by atoms with E-state index in [1.54, 1.807) is 7.11 Å². The van der Waals surface area contributed by atoms with Gasteiger partial charge >= 0.3 is 0 Å². The monoisotopic (exact) mass is 280 g/mol. The van der Waals surface area contributed by atoms with E-state index in [0.29, 0.717) is 12.1 Å². The standard InChI is InChI=1S/C17H16N2O2/c1-21-16-5-3-2-4-14(16)11-19-17(20)13-7-6-12-8-9-18-15(12)10-13/h2-10,18H,11H2,1H3,(H,19,20). The van der Waals surface area contributed by atoms with Gasteiger partial charge in [0.1, 0.15) is 5.75 Å². The van der Waals surface area contributed by atoms with Gasteiger partial charge in [-0.05, 0) is 29.7 Å². The number of fused-ring (bicyclic) bond motifs is 1. The lowest BCUT2D eigenvalue weighted by atomic mass is 10.1. The molecule has 21 heavy (non-hydrogen) atoms. The van der Waals surface area contributed by atoms with Crippen molar-refractivity contribution in [1.29, 1.82) is 0 Å². The number of para-hydroxylation sites is 1. The first kappa shape index (κ1) is 13.2. The van der Waals surface area contributed by atoms with Crippen LogP contribution in [0, 0.1) is 0 Å². The second-order valence-electron chi connectivity index (χ2n) is 4.77. The first-order valence-corrected chi connectivity index (χ1v) is 6.75. The highest BCUT2D eigenvalue weighted by Crippen LogP contribution is 2.17. The normalized spacial score (nSPS) is 10.5. The van der Waals surface area contributed by atoms with Gasteiger partial charge in [0.25, 0.3) is 5.91 Å². The number of methoxy groups -OCH3 is 1. The lowest BCUT2D eigenvalue weighted by Crippen LogP contribution is -2.23. The number of aromatic amines is 1. The Bertz CT molecular complexity index is 777. The number of aromatic nitrogens is 1. The zero-order valence-electron chi connectivity index (χ0n) is 11.7. The van der Waals surface area contributed by atoms with E-state index in [0.717, 1.165) is 22.2 Å². The summed E-state index contributed by atoms with van der Waals surface area (Å²) >= 11 is 0. The highest BCUT2D eigenvalue weighted by molar-refractivity contribution is 5.97. The van der Waals surface area contributed by atoms with Crippen molar-refractivity contribution in [3.63, 3.8) is 0 Å². The van der Waals surface area contributed by atoms with E-state index in [2.05, 4.69) is 10.3 Å². The molecular weight excluding hydrogens is 264 g/mol. The van der Waals surface area contributed by atoms with Crippen molar-refractivity contribution in [3.8, 4) is 5.75 Å². The maximum Gasteiger partial charge on any atom is 0.251 e.